The molecule has 0 atom stereocenters. The number of nitrogens with two attached hydrogens (primary N) is 1. The zero-order chi connectivity index (χ0) is 12.1. The molecule has 2 aromatic rings. The molecule has 0 aliphatic rings. The van der Waals surface area contributed by atoms with Crippen LogP contribution in [0.25, 0.3) is 0 Å². The Labute approximate surface area is 104 Å². The quantitative estimate of drug-likeness (QED) is 0.625. The normalized spacial score (nSPS) is 10.2. The second kappa shape index (κ2) is 5.60. The highest BCUT2D eigenvalue weighted by Gasteiger charge is 2.11. The number of benzene rings is 1. The van der Waals surface area contributed by atoms with Crippen LogP contribution in [0.3, 0.4) is 0 Å². The second-order valence-electron chi connectivity index (χ2n) is 3.54. The SMILES string of the molecule is CCN(Cc1nnsc1NN)c1ccccc1. The number of nitrogens with zero attached hydrogens (tertiary/aromatic N) is 3. The standard InChI is InChI=1S/C11H15N5S/c1-2-16(9-6-4-3-5-7-9)8-10-11(13-12)17-15-14-10/h3-7,13H,2,8,12H2,1H3. The summed E-state index contributed by atoms with van der Waals surface area (Å²) in [5.41, 5.74) is 4.67. The van der Waals surface area contributed by atoms with Gasteiger partial charge in [0.05, 0.1) is 6.54 Å². The summed E-state index contributed by atoms with van der Waals surface area (Å²) in [6.07, 6.45) is 0. The number of aromatic nitrogens is 2. The average molecular weight is 249 g/mol. The molecule has 2 rings (SSSR count). The van der Waals surface area contributed by atoms with Crippen LogP contribution in [0.2, 0.25) is 0 Å². The molecule has 0 radical (unpaired) electrons. The van der Waals surface area contributed by atoms with Gasteiger partial charge in [-0.2, -0.15) is 0 Å². The van der Waals surface area contributed by atoms with Crippen molar-refractivity contribution in [2.45, 2.75) is 13.5 Å². The fraction of sp³-hybridized carbons (Fsp3) is 0.273. The molecule has 1 heterocycles. The molecule has 6 heteroatoms. The molecule has 90 valence electrons. The number of hydrogen-bond acceptors (Lipinski definition) is 6. The minimum atomic E-state index is 0.705. The van der Waals surface area contributed by atoms with E-state index in [1.807, 2.05) is 18.2 Å². The van der Waals surface area contributed by atoms with Crippen LogP contribution in [0.15, 0.2) is 30.3 Å². The van der Waals surface area contributed by atoms with E-state index in [0.29, 0.717) is 6.54 Å². The van der Waals surface area contributed by atoms with Gasteiger partial charge < -0.3 is 10.3 Å². The largest absolute Gasteiger partial charge is 0.366 e. The first-order valence-corrected chi connectivity index (χ1v) is 6.20. The van der Waals surface area contributed by atoms with Crippen molar-refractivity contribution >= 4 is 22.2 Å². The Morgan fingerprint density at radius 1 is 1.35 bits per heavy atom. The number of anilines is 2. The van der Waals surface area contributed by atoms with Crippen molar-refractivity contribution in [2.75, 3.05) is 16.9 Å². The van der Waals surface area contributed by atoms with Crippen molar-refractivity contribution in [1.29, 1.82) is 0 Å². The van der Waals surface area contributed by atoms with Gasteiger partial charge in [-0.25, -0.2) is 5.84 Å². The zero-order valence-electron chi connectivity index (χ0n) is 9.63. The van der Waals surface area contributed by atoms with Crippen LogP contribution in [0.4, 0.5) is 10.7 Å². The lowest BCUT2D eigenvalue weighted by Crippen LogP contribution is -2.23. The molecule has 1 aromatic heterocycles. The van der Waals surface area contributed by atoms with Crippen molar-refractivity contribution < 1.29 is 0 Å². The van der Waals surface area contributed by atoms with Crippen molar-refractivity contribution in [3.8, 4) is 0 Å². The maximum Gasteiger partial charge on any atom is 0.149 e. The molecule has 3 N–H and O–H groups in total. The van der Waals surface area contributed by atoms with Gasteiger partial charge in [0.15, 0.2) is 0 Å². The molecular formula is C11H15N5S. The van der Waals surface area contributed by atoms with E-state index in [2.05, 4.69) is 39.0 Å². The van der Waals surface area contributed by atoms with Crippen LogP contribution < -0.4 is 16.2 Å². The predicted molar refractivity (Wildman–Crippen MR) is 70.9 cm³/mol. The molecule has 0 unspecified atom stereocenters. The van der Waals surface area contributed by atoms with E-state index in [0.717, 1.165) is 17.2 Å². The fourth-order valence-electron chi connectivity index (χ4n) is 1.63. The molecule has 0 saturated carbocycles. The molecule has 17 heavy (non-hydrogen) atoms. The second-order valence-corrected chi connectivity index (χ2v) is 4.30. The summed E-state index contributed by atoms with van der Waals surface area (Å²) >= 11 is 1.27. The number of para-hydroxylation sites is 1. The summed E-state index contributed by atoms with van der Waals surface area (Å²) in [6.45, 7) is 3.73. The summed E-state index contributed by atoms with van der Waals surface area (Å²) < 4.78 is 3.90. The first kappa shape index (κ1) is 11.8. The Kier molecular flexibility index (Phi) is 3.89. The maximum atomic E-state index is 5.41. The Bertz CT molecular complexity index is 456. The van der Waals surface area contributed by atoms with Crippen LogP contribution in [-0.4, -0.2) is 16.1 Å². The minimum absolute atomic E-state index is 0.705. The Balaban J connectivity index is 2.16. The van der Waals surface area contributed by atoms with E-state index in [9.17, 15) is 0 Å². The Hall–Kier alpha value is -1.66. The van der Waals surface area contributed by atoms with Gasteiger partial charge in [-0.05, 0) is 19.1 Å². The van der Waals surface area contributed by atoms with Gasteiger partial charge in [-0.15, -0.1) is 5.10 Å². The topological polar surface area (TPSA) is 67.1 Å². The van der Waals surface area contributed by atoms with Crippen LogP contribution >= 0.6 is 11.5 Å². The monoisotopic (exact) mass is 249 g/mol. The van der Waals surface area contributed by atoms with Crippen molar-refractivity contribution in [2.24, 2.45) is 5.84 Å². The third-order valence-electron chi connectivity index (χ3n) is 2.53. The molecule has 0 aliphatic carbocycles. The number of hydrogen-bond donors (Lipinski definition) is 2. The van der Waals surface area contributed by atoms with Gasteiger partial charge in [0.25, 0.3) is 0 Å². The molecule has 0 spiro atoms. The number of nitrogen functional groups attached to an aromatic ring is 1. The fourth-order valence-corrected chi connectivity index (χ4v) is 2.11. The highest BCUT2D eigenvalue weighted by atomic mass is 32.1. The van der Waals surface area contributed by atoms with Crippen LogP contribution in [0, 0.1) is 0 Å². The molecule has 0 aliphatic heterocycles. The van der Waals surface area contributed by atoms with Crippen LogP contribution in [-0.2, 0) is 6.54 Å². The summed E-state index contributed by atoms with van der Waals surface area (Å²) in [4.78, 5) is 2.22. The van der Waals surface area contributed by atoms with Gasteiger partial charge in [0.2, 0.25) is 0 Å². The molecule has 5 nitrogen and oxygen atoms in total. The third-order valence-corrected chi connectivity index (χ3v) is 3.23. The summed E-state index contributed by atoms with van der Waals surface area (Å²) in [5, 5.41) is 4.90. The van der Waals surface area contributed by atoms with E-state index in [1.54, 1.807) is 0 Å². The van der Waals surface area contributed by atoms with Gasteiger partial charge >= 0.3 is 0 Å². The molecule has 0 saturated heterocycles. The Morgan fingerprint density at radius 2 is 2.12 bits per heavy atom. The number of hydrazine groups is 1. The van der Waals surface area contributed by atoms with Crippen molar-refractivity contribution in [3.05, 3.63) is 36.0 Å². The lowest BCUT2D eigenvalue weighted by molar-refractivity contribution is 0.804. The van der Waals surface area contributed by atoms with E-state index in [4.69, 9.17) is 5.84 Å². The van der Waals surface area contributed by atoms with Crippen molar-refractivity contribution in [3.63, 3.8) is 0 Å². The van der Waals surface area contributed by atoms with E-state index >= 15 is 0 Å². The highest BCUT2D eigenvalue weighted by Crippen LogP contribution is 2.21. The first-order chi connectivity index (χ1) is 8.35. The lowest BCUT2D eigenvalue weighted by atomic mass is 10.2. The number of nitrogens with one attached hydrogen (secondary N) is 1. The van der Waals surface area contributed by atoms with Gasteiger partial charge in [0, 0.05) is 23.8 Å². The van der Waals surface area contributed by atoms with Gasteiger partial charge in [-0.1, -0.05) is 22.7 Å². The number of rotatable bonds is 5. The smallest absolute Gasteiger partial charge is 0.149 e. The average Bonchev–Trinajstić information content (AvgIpc) is 2.84. The van der Waals surface area contributed by atoms with E-state index in [1.165, 1.54) is 17.2 Å². The maximum absolute atomic E-state index is 5.41. The third kappa shape index (κ3) is 2.72. The molecule has 0 amide bonds. The molecule has 0 fully saturated rings. The summed E-state index contributed by atoms with van der Waals surface area (Å²) in [5.74, 6) is 5.41. The van der Waals surface area contributed by atoms with Gasteiger partial charge in [0.1, 0.15) is 10.7 Å². The van der Waals surface area contributed by atoms with E-state index in [-0.39, 0.29) is 0 Å². The van der Waals surface area contributed by atoms with Crippen molar-refractivity contribution in [1.82, 2.24) is 9.59 Å². The molecular weight excluding hydrogens is 234 g/mol. The minimum Gasteiger partial charge on any atom is -0.366 e. The predicted octanol–water partition coefficient (Wildman–Crippen LogP) is 1.85. The highest BCUT2D eigenvalue weighted by molar-refractivity contribution is 7.10. The summed E-state index contributed by atoms with van der Waals surface area (Å²) in [6, 6.07) is 10.2. The molecule has 0 bridgehead atoms. The Morgan fingerprint density at radius 3 is 2.76 bits per heavy atom. The molecule has 1 aromatic carbocycles. The summed E-state index contributed by atoms with van der Waals surface area (Å²) in [7, 11) is 0. The lowest BCUT2D eigenvalue weighted by Gasteiger charge is -2.22. The van der Waals surface area contributed by atoms with Crippen LogP contribution in [0.5, 0.6) is 0 Å². The zero-order valence-corrected chi connectivity index (χ0v) is 10.4. The first-order valence-electron chi connectivity index (χ1n) is 5.43. The van der Waals surface area contributed by atoms with E-state index < -0.39 is 0 Å². The van der Waals surface area contributed by atoms with Crippen LogP contribution in [0.1, 0.15) is 12.6 Å². The van der Waals surface area contributed by atoms with Gasteiger partial charge in [-0.3, -0.25) is 0 Å².